The van der Waals surface area contributed by atoms with Crippen molar-refractivity contribution < 1.29 is 14.3 Å². The highest BCUT2D eigenvalue weighted by atomic mass is 32.2. The Bertz CT molecular complexity index is 1000. The fourth-order valence-corrected chi connectivity index (χ4v) is 3.88. The Labute approximate surface area is 169 Å². The highest BCUT2D eigenvalue weighted by molar-refractivity contribution is 8.00. The van der Waals surface area contributed by atoms with Gasteiger partial charge in [-0.05, 0) is 42.7 Å². The van der Waals surface area contributed by atoms with Gasteiger partial charge in [-0.25, -0.2) is 4.98 Å². The van der Waals surface area contributed by atoms with Crippen LogP contribution in [0.4, 0.5) is 5.69 Å². The molecule has 0 spiro atoms. The number of anilines is 1. The molecule has 1 amide bonds. The maximum Gasteiger partial charge on any atom is 0.234 e. The summed E-state index contributed by atoms with van der Waals surface area (Å²) < 4.78 is 10.5. The molecule has 3 aromatic rings. The Morgan fingerprint density at radius 2 is 1.89 bits per heavy atom. The van der Waals surface area contributed by atoms with Crippen LogP contribution in [0.1, 0.15) is 18.1 Å². The number of amides is 1. The molecular formula is C22H24N2O3S. The number of aromatic nitrogens is 1. The Kier molecular flexibility index (Phi) is 6.41. The summed E-state index contributed by atoms with van der Waals surface area (Å²) in [7, 11) is 3.15. The quantitative estimate of drug-likeness (QED) is 0.578. The molecule has 0 saturated heterocycles. The summed E-state index contributed by atoms with van der Waals surface area (Å²) in [6.45, 7) is 4.16. The van der Waals surface area contributed by atoms with E-state index in [4.69, 9.17) is 14.5 Å². The number of methoxy groups -OCH3 is 2. The zero-order valence-electron chi connectivity index (χ0n) is 16.5. The van der Waals surface area contributed by atoms with Crippen molar-refractivity contribution in [1.29, 1.82) is 0 Å². The zero-order chi connectivity index (χ0) is 20.1. The van der Waals surface area contributed by atoms with Crippen molar-refractivity contribution in [1.82, 2.24) is 4.98 Å². The molecule has 0 unspecified atom stereocenters. The second-order valence-corrected chi connectivity index (χ2v) is 7.32. The summed E-state index contributed by atoms with van der Waals surface area (Å²) >= 11 is 1.46. The molecule has 0 saturated carbocycles. The largest absolute Gasteiger partial charge is 0.493 e. The van der Waals surface area contributed by atoms with Gasteiger partial charge in [0.1, 0.15) is 5.03 Å². The molecule has 0 aliphatic heterocycles. The second kappa shape index (κ2) is 8.97. The minimum atomic E-state index is -0.0917. The SMILES string of the molecule is CCc1cc2cccc(C)c2nc1SCC(=O)Nc1ccc(OC)c(OC)c1. The van der Waals surface area contributed by atoms with Gasteiger partial charge in [0.15, 0.2) is 11.5 Å². The number of ether oxygens (including phenoxy) is 2. The minimum absolute atomic E-state index is 0.0917. The van der Waals surface area contributed by atoms with E-state index in [-0.39, 0.29) is 11.7 Å². The third kappa shape index (κ3) is 4.39. The number of aryl methyl sites for hydroxylation is 2. The van der Waals surface area contributed by atoms with E-state index in [9.17, 15) is 4.79 Å². The Morgan fingerprint density at radius 1 is 1.11 bits per heavy atom. The summed E-state index contributed by atoms with van der Waals surface area (Å²) in [5.74, 6) is 1.39. The van der Waals surface area contributed by atoms with Crippen LogP contribution >= 0.6 is 11.8 Å². The van der Waals surface area contributed by atoms with Gasteiger partial charge in [-0.2, -0.15) is 0 Å². The number of fused-ring (bicyclic) bond motifs is 1. The third-order valence-electron chi connectivity index (χ3n) is 4.47. The van der Waals surface area contributed by atoms with Crippen LogP contribution in [0.2, 0.25) is 0 Å². The monoisotopic (exact) mass is 396 g/mol. The second-order valence-electron chi connectivity index (χ2n) is 6.36. The van der Waals surface area contributed by atoms with Gasteiger partial charge in [0.05, 0.1) is 25.5 Å². The first-order valence-electron chi connectivity index (χ1n) is 9.09. The molecular weight excluding hydrogens is 372 g/mol. The maximum atomic E-state index is 12.4. The predicted octanol–water partition coefficient (Wildman–Crippen LogP) is 4.85. The van der Waals surface area contributed by atoms with Crippen LogP contribution in [0.25, 0.3) is 10.9 Å². The van der Waals surface area contributed by atoms with Gasteiger partial charge < -0.3 is 14.8 Å². The number of carbonyl (C=O) groups is 1. The van der Waals surface area contributed by atoms with Gasteiger partial charge in [0.25, 0.3) is 0 Å². The van der Waals surface area contributed by atoms with Gasteiger partial charge in [-0.15, -0.1) is 0 Å². The Balaban J connectivity index is 1.73. The van der Waals surface area contributed by atoms with Crippen LogP contribution in [0.15, 0.2) is 47.5 Å². The fraction of sp³-hybridized carbons (Fsp3) is 0.273. The lowest BCUT2D eigenvalue weighted by Crippen LogP contribution is -2.14. The minimum Gasteiger partial charge on any atom is -0.493 e. The predicted molar refractivity (Wildman–Crippen MR) is 115 cm³/mol. The Hall–Kier alpha value is -2.73. The van der Waals surface area contributed by atoms with E-state index in [1.807, 2.05) is 6.07 Å². The van der Waals surface area contributed by atoms with Crippen LogP contribution in [0.5, 0.6) is 11.5 Å². The summed E-state index contributed by atoms with van der Waals surface area (Å²) in [5, 5.41) is 4.95. The molecule has 3 rings (SSSR count). The molecule has 146 valence electrons. The lowest BCUT2D eigenvalue weighted by Gasteiger charge is -2.12. The van der Waals surface area contributed by atoms with Crippen molar-refractivity contribution >= 4 is 34.3 Å². The molecule has 0 radical (unpaired) electrons. The molecule has 1 N–H and O–H groups in total. The maximum absolute atomic E-state index is 12.4. The molecule has 0 bridgehead atoms. The number of para-hydroxylation sites is 1. The van der Waals surface area contributed by atoms with Crippen LogP contribution in [-0.2, 0) is 11.2 Å². The summed E-state index contributed by atoms with van der Waals surface area (Å²) in [6.07, 6.45) is 0.872. The van der Waals surface area contributed by atoms with Gasteiger partial charge in [0, 0.05) is 17.1 Å². The van der Waals surface area contributed by atoms with Gasteiger partial charge >= 0.3 is 0 Å². The first kappa shape index (κ1) is 20.0. The number of nitrogens with one attached hydrogen (secondary N) is 1. The third-order valence-corrected chi connectivity index (χ3v) is 5.51. The molecule has 2 aromatic carbocycles. The normalized spacial score (nSPS) is 10.7. The van der Waals surface area contributed by atoms with E-state index in [1.54, 1.807) is 32.4 Å². The standard InChI is InChI=1S/C22H24N2O3S/c1-5-15-11-16-8-6-7-14(2)21(16)24-22(15)28-13-20(25)23-17-9-10-18(26-3)19(12-17)27-4/h6-12H,5,13H2,1-4H3,(H,23,25). The highest BCUT2D eigenvalue weighted by Gasteiger charge is 2.12. The van der Waals surface area contributed by atoms with Crippen molar-refractivity contribution in [3.63, 3.8) is 0 Å². The molecule has 0 aliphatic carbocycles. The first-order valence-corrected chi connectivity index (χ1v) is 10.1. The number of pyridine rings is 1. The van der Waals surface area contributed by atoms with Crippen molar-refractivity contribution in [2.24, 2.45) is 0 Å². The molecule has 6 heteroatoms. The van der Waals surface area contributed by atoms with E-state index in [0.717, 1.165) is 33.5 Å². The molecule has 1 heterocycles. The summed E-state index contributed by atoms with van der Waals surface area (Å²) in [5.41, 5.74) is 3.95. The number of hydrogen-bond acceptors (Lipinski definition) is 5. The van der Waals surface area contributed by atoms with Crippen LogP contribution in [-0.4, -0.2) is 30.9 Å². The molecule has 5 nitrogen and oxygen atoms in total. The molecule has 28 heavy (non-hydrogen) atoms. The number of thioether (sulfide) groups is 1. The van der Waals surface area contributed by atoms with E-state index in [0.29, 0.717) is 17.2 Å². The molecule has 1 aromatic heterocycles. The average molecular weight is 397 g/mol. The van der Waals surface area contributed by atoms with Gasteiger partial charge in [-0.3, -0.25) is 4.79 Å². The van der Waals surface area contributed by atoms with E-state index >= 15 is 0 Å². The van der Waals surface area contributed by atoms with Gasteiger partial charge in [0.2, 0.25) is 5.91 Å². The zero-order valence-corrected chi connectivity index (χ0v) is 17.4. The van der Waals surface area contributed by atoms with Crippen molar-refractivity contribution in [2.75, 3.05) is 25.3 Å². The number of benzene rings is 2. The summed E-state index contributed by atoms with van der Waals surface area (Å²) in [4.78, 5) is 17.3. The van der Waals surface area contributed by atoms with Crippen LogP contribution < -0.4 is 14.8 Å². The average Bonchev–Trinajstić information content (AvgIpc) is 2.71. The van der Waals surface area contributed by atoms with E-state index < -0.39 is 0 Å². The smallest absolute Gasteiger partial charge is 0.234 e. The van der Waals surface area contributed by atoms with Crippen molar-refractivity contribution in [3.8, 4) is 11.5 Å². The van der Waals surface area contributed by atoms with Crippen LogP contribution in [0.3, 0.4) is 0 Å². The van der Waals surface area contributed by atoms with E-state index in [1.165, 1.54) is 11.8 Å². The number of hydrogen-bond donors (Lipinski definition) is 1. The Morgan fingerprint density at radius 3 is 2.61 bits per heavy atom. The molecule has 0 aliphatic rings. The highest BCUT2D eigenvalue weighted by Crippen LogP contribution is 2.30. The van der Waals surface area contributed by atoms with Crippen molar-refractivity contribution in [2.45, 2.75) is 25.3 Å². The molecule has 0 atom stereocenters. The topological polar surface area (TPSA) is 60.5 Å². The fourth-order valence-electron chi connectivity index (χ4n) is 3.00. The number of nitrogens with zero attached hydrogens (tertiary/aromatic N) is 1. The lowest BCUT2D eigenvalue weighted by molar-refractivity contribution is -0.113. The van der Waals surface area contributed by atoms with Crippen molar-refractivity contribution in [3.05, 3.63) is 53.6 Å². The van der Waals surface area contributed by atoms with E-state index in [2.05, 4.69) is 37.4 Å². The van der Waals surface area contributed by atoms with Crippen LogP contribution in [0, 0.1) is 6.92 Å². The first-order chi connectivity index (χ1) is 13.5. The number of carbonyl (C=O) groups excluding carboxylic acids is 1. The lowest BCUT2D eigenvalue weighted by atomic mass is 10.1. The number of rotatable bonds is 7. The van der Waals surface area contributed by atoms with Gasteiger partial charge in [-0.1, -0.05) is 36.9 Å². The summed E-state index contributed by atoms with van der Waals surface area (Å²) in [6, 6.07) is 13.7. The molecule has 0 fully saturated rings.